The highest BCUT2D eigenvalue weighted by atomic mass is 16.1. The summed E-state index contributed by atoms with van der Waals surface area (Å²) in [6.07, 6.45) is 3.74. The van der Waals surface area contributed by atoms with Gasteiger partial charge in [0.15, 0.2) is 0 Å². The highest BCUT2D eigenvalue weighted by Crippen LogP contribution is 2.30. The molecule has 4 heteroatoms. The van der Waals surface area contributed by atoms with Gasteiger partial charge in [0.05, 0.1) is 5.56 Å². The summed E-state index contributed by atoms with van der Waals surface area (Å²) >= 11 is 0. The molecule has 0 aromatic heterocycles. The number of carbonyl (C=O) groups is 1. The van der Waals surface area contributed by atoms with Gasteiger partial charge in [0.2, 0.25) is 0 Å². The highest BCUT2D eigenvalue weighted by Gasteiger charge is 2.34. The van der Waals surface area contributed by atoms with Crippen LogP contribution in [0.5, 0.6) is 0 Å². The van der Waals surface area contributed by atoms with Crippen LogP contribution in [0, 0.1) is 0 Å². The Morgan fingerprint density at radius 2 is 2.00 bits per heavy atom. The molecule has 0 bridgehead atoms. The molecule has 1 aromatic carbocycles. The molecular weight excluding hydrogens is 262 g/mol. The van der Waals surface area contributed by atoms with E-state index in [4.69, 9.17) is 0 Å². The quantitative estimate of drug-likeness (QED) is 0.874. The molecule has 2 N–H and O–H groups in total. The second kappa shape index (κ2) is 6.06. The van der Waals surface area contributed by atoms with E-state index in [1.165, 1.54) is 12.8 Å². The third kappa shape index (κ3) is 3.56. The lowest BCUT2D eigenvalue weighted by atomic mass is 10.1. The van der Waals surface area contributed by atoms with Crippen LogP contribution >= 0.6 is 0 Å². The number of likely N-dealkylation sites (tertiary alicyclic amines) is 1. The van der Waals surface area contributed by atoms with Crippen molar-refractivity contribution in [3.8, 4) is 0 Å². The van der Waals surface area contributed by atoms with Gasteiger partial charge in [-0.25, -0.2) is 0 Å². The molecular formula is C17H25N3O. The fourth-order valence-electron chi connectivity index (χ4n) is 3.06. The van der Waals surface area contributed by atoms with Gasteiger partial charge < -0.3 is 10.6 Å². The van der Waals surface area contributed by atoms with Crippen molar-refractivity contribution < 1.29 is 4.79 Å². The predicted octanol–water partition coefficient (Wildman–Crippen LogP) is 2.47. The maximum absolute atomic E-state index is 12.5. The van der Waals surface area contributed by atoms with Crippen molar-refractivity contribution in [1.82, 2.24) is 10.2 Å². The Labute approximate surface area is 126 Å². The van der Waals surface area contributed by atoms with Gasteiger partial charge in [-0.2, -0.15) is 0 Å². The average Bonchev–Trinajstić information content (AvgIpc) is 3.19. The number of rotatable bonds is 5. The zero-order chi connectivity index (χ0) is 14.8. The summed E-state index contributed by atoms with van der Waals surface area (Å²) in [4.78, 5) is 15.0. The summed E-state index contributed by atoms with van der Waals surface area (Å²) in [6, 6.07) is 9.16. The van der Waals surface area contributed by atoms with Gasteiger partial charge in [-0.05, 0) is 45.2 Å². The van der Waals surface area contributed by atoms with E-state index in [-0.39, 0.29) is 5.91 Å². The van der Waals surface area contributed by atoms with E-state index in [1.54, 1.807) is 0 Å². The van der Waals surface area contributed by atoms with Gasteiger partial charge in [0.25, 0.3) is 5.91 Å². The number of para-hydroxylation sites is 1. The fourth-order valence-corrected chi connectivity index (χ4v) is 3.06. The molecule has 1 saturated carbocycles. The molecule has 1 saturated heterocycles. The Bertz CT molecular complexity index is 511. The van der Waals surface area contributed by atoms with Crippen LogP contribution in [0.3, 0.4) is 0 Å². The summed E-state index contributed by atoms with van der Waals surface area (Å²) in [6.45, 7) is 6.30. The van der Waals surface area contributed by atoms with E-state index < -0.39 is 0 Å². The SMILES string of the molecule is CC(C)Nc1ccccc1C(=O)NC1CCN(C2CC2)C1. The molecule has 1 aliphatic carbocycles. The molecule has 1 aliphatic heterocycles. The summed E-state index contributed by atoms with van der Waals surface area (Å²) in [5, 5.41) is 6.55. The average molecular weight is 287 g/mol. The summed E-state index contributed by atoms with van der Waals surface area (Å²) in [7, 11) is 0. The largest absolute Gasteiger partial charge is 0.382 e. The maximum Gasteiger partial charge on any atom is 0.253 e. The molecule has 1 atom stereocenters. The molecule has 2 aliphatic rings. The van der Waals surface area contributed by atoms with Crippen LogP contribution in [0.1, 0.15) is 43.5 Å². The van der Waals surface area contributed by atoms with Crippen LogP contribution in [0.25, 0.3) is 0 Å². The zero-order valence-electron chi connectivity index (χ0n) is 12.9. The first-order valence-electron chi connectivity index (χ1n) is 8.04. The Hall–Kier alpha value is -1.55. The second-order valence-corrected chi connectivity index (χ2v) is 6.53. The number of anilines is 1. The van der Waals surface area contributed by atoms with Gasteiger partial charge in [-0.1, -0.05) is 12.1 Å². The molecule has 1 heterocycles. The normalized spacial score (nSPS) is 22.5. The van der Waals surface area contributed by atoms with E-state index >= 15 is 0 Å². The summed E-state index contributed by atoms with van der Waals surface area (Å²) in [5.41, 5.74) is 1.66. The van der Waals surface area contributed by atoms with Crippen LogP contribution in [0.2, 0.25) is 0 Å². The minimum absolute atomic E-state index is 0.0430. The van der Waals surface area contributed by atoms with Crippen molar-refractivity contribution in [2.45, 2.75) is 51.2 Å². The van der Waals surface area contributed by atoms with Crippen molar-refractivity contribution in [2.24, 2.45) is 0 Å². The number of hydrogen-bond acceptors (Lipinski definition) is 3. The molecule has 0 radical (unpaired) electrons. The number of nitrogens with zero attached hydrogens (tertiary/aromatic N) is 1. The van der Waals surface area contributed by atoms with E-state index in [2.05, 4.69) is 29.4 Å². The van der Waals surface area contributed by atoms with Crippen LogP contribution in [-0.4, -0.2) is 42.0 Å². The fraction of sp³-hybridized carbons (Fsp3) is 0.588. The first-order chi connectivity index (χ1) is 10.1. The Morgan fingerprint density at radius 1 is 1.24 bits per heavy atom. The van der Waals surface area contributed by atoms with E-state index in [0.29, 0.717) is 12.1 Å². The monoisotopic (exact) mass is 287 g/mol. The minimum Gasteiger partial charge on any atom is -0.382 e. The maximum atomic E-state index is 12.5. The predicted molar refractivity (Wildman–Crippen MR) is 85.7 cm³/mol. The van der Waals surface area contributed by atoms with Crippen LogP contribution in [0.15, 0.2) is 24.3 Å². The Kier molecular flexibility index (Phi) is 4.15. The molecule has 1 aromatic rings. The number of amides is 1. The lowest BCUT2D eigenvalue weighted by Gasteiger charge is -2.18. The van der Waals surface area contributed by atoms with Crippen molar-refractivity contribution in [3.05, 3.63) is 29.8 Å². The van der Waals surface area contributed by atoms with Crippen molar-refractivity contribution in [3.63, 3.8) is 0 Å². The van der Waals surface area contributed by atoms with Crippen molar-refractivity contribution in [1.29, 1.82) is 0 Å². The lowest BCUT2D eigenvalue weighted by Crippen LogP contribution is -2.37. The van der Waals surface area contributed by atoms with Gasteiger partial charge in [0, 0.05) is 36.9 Å². The minimum atomic E-state index is 0.0430. The molecule has 1 amide bonds. The standard InChI is InChI=1S/C17H25N3O/c1-12(2)18-16-6-4-3-5-15(16)17(21)19-13-9-10-20(11-13)14-7-8-14/h3-6,12-14,18H,7-11H2,1-2H3,(H,19,21). The summed E-state index contributed by atoms with van der Waals surface area (Å²) in [5.74, 6) is 0.0430. The van der Waals surface area contributed by atoms with Crippen LogP contribution < -0.4 is 10.6 Å². The summed E-state index contributed by atoms with van der Waals surface area (Å²) < 4.78 is 0. The topological polar surface area (TPSA) is 44.4 Å². The first-order valence-corrected chi connectivity index (χ1v) is 8.04. The first kappa shape index (κ1) is 14.4. The number of carbonyl (C=O) groups excluding carboxylic acids is 1. The van der Waals surface area contributed by atoms with Gasteiger partial charge >= 0.3 is 0 Å². The van der Waals surface area contributed by atoms with Gasteiger partial charge in [0.1, 0.15) is 0 Å². The van der Waals surface area contributed by atoms with Crippen molar-refractivity contribution in [2.75, 3.05) is 18.4 Å². The van der Waals surface area contributed by atoms with Crippen LogP contribution in [-0.2, 0) is 0 Å². The van der Waals surface area contributed by atoms with E-state index in [9.17, 15) is 4.79 Å². The molecule has 114 valence electrons. The Balaban J connectivity index is 1.62. The third-order valence-corrected chi connectivity index (χ3v) is 4.23. The molecule has 1 unspecified atom stereocenters. The van der Waals surface area contributed by atoms with Gasteiger partial charge in [-0.15, -0.1) is 0 Å². The number of hydrogen-bond donors (Lipinski definition) is 2. The number of benzene rings is 1. The molecule has 3 rings (SSSR count). The molecule has 2 fully saturated rings. The highest BCUT2D eigenvalue weighted by molar-refractivity contribution is 5.99. The van der Waals surface area contributed by atoms with E-state index in [1.807, 2.05) is 24.3 Å². The second-order valence-electron chi connectivity index (χ2n) is 6.53. The molecule has 0 spiro atoms. The Morgan fingerprint density at radius 3 is 2.71 bits per heavy atom. The molecule has 21 heavy (non-hydrogen) atoms. The smallest absolute Gasteiger partial charge is 0.253 e. The molecule has 4 nitrogen and oxygen atoms in total. The third-order valence-electron chi connectivity index (χ3n) is 4.23. The van der Waals surface area contributed by atoms with Gasteiger partial charge in [-0.3, -0.25) is 9.69 Å². The van der Waals surface area contributed by atoms with E-state index in [0.717, 1.165) is 36.8 Å². The zero-order valence-corrected chi connectivity index (χ0v) is 12.9. The number of nitrogens with one attached hydrogen (secondary N) is 2. The van der Waals surface area contributed by atoms with Crippen LogP contribution in [0.4, 0.5) is 5.69 Å². The lowest BCUT2D eigenvalue weighted by molar-refractivity contribution is 0.0938. The van der Waals surface area contributed by atoms with Crippen molar-refractivity contribution >= 4 is 11.6 Å².